The van der Waals surface area contributed by atoms with Crippen LogP contribution >= 0.6 is 11.3 Å². The number of carbonyl (C=O) groups excluding carboxylic acids is 1. The minimum absolute atomic E-state index is 0.0153. The lowest BCUT2D eigenvalue weighted by Gasteiger charge is -2.38. The molecule has 1 aliphatic heterocycles. The van der Waals surface area contributed by atoms with Gasteiger partial charge in [-0.2, -0.15) is 0 Å². The van der Waals surface area contributed by atoms with Crippen molar-refractivity contribution in [3.05, 3.63) is 63.6 Å². The first-order valence-corrected chi connectivity index (χ1v) is 13.7. The van der Waals surface area contributed by atoms with Crippen molar-refractivity contribution in [2.75, 3.05) is 7.11 Å². The molecule has 0 unspecified atom stereocenters. The molecule has 37 heavy (non-hydrogen) atoms. The Labute approximate surface area is 220 Å². The predicted octanol–water partition coefficient (Wildman–Crippen LogP) is 4.67. The Morgan fingerprint density at radius 3 is 2.76 bits per heavy atom. The van der Waals surface area contributed by atoms with Crippen LogP contribution in [0.1, 0.15) is 54.5 Å². The molecule has 2 aromatic rings. The fraction of sp³-hybridized carbons (Fsp3) is 0.464. The number of ether oxygens (including phenoxy) is 3. The maximum absolute atomic E-state index is 14.0. The summed E-state index contributed by atoms with van der Waals surface area (Å²) in [7, 11) is 1.56. The average molecular weight is 525 g/mol. The van der Waals surface area contributed by atoms with E-state index in [-0.39, 0.29) is 25.0 Å². The Morgan fingerprint density at radius 2 is 2.08 bits per heavy atom. The maximum Gasteiger partial charge on any atom is 0.326 e. The summed E-state index contributed by atoms with van der Waals surface area (Å²) in [5.41, 5.74) is 4.16. The molecule has 9 heteroatoms. The second kappa shape index (κ2) is 11.5. The number of carboxylic acid groups (broad SMARTS) is 1. The van der Waals surface area contributed by atoms with Crippen LogP contribution in [0, 0.1) is 0 Å². The average Bonchev–Trinajstić information content (AvgIpc) is 3.64. The van der Waals surface area contributed by atoms with Gasteiger partial charge in [0.05, 0.1) is 23.6 Å². The molecular weight excluding hydrogens is 492 g/mol. The molecule has 0 spiro atoms. The van der Waals surface area contributed by atoms with E-state index in [2.05, 4.69) is 4.98 Å². The van der Waals surface area contributed by atoms with Crippen molar-refractivity contribution in [1.29, 1.82) is 0 Å². The van der Waals surface area contributed by atoms with Gasteiger partial charge in [0, 0.05) is 24.7 Å². The zero-order valence-corrected chi connectivity index (χ0v) is 21.7. The van der Waals surface area contributed by atoms with Crippen LogP contribution < -0.4 is 9.47 Å². The van der Waals surface area contributed by atoms with Crippen molar-refractivity contribution < 1.29 is 28.9 Å². The number of amides is 1. The highest BCUT2D eigenvalue weighted by Gasteiger charge is 2.41. The second-order valence-electron chi connectivity index (χ2n) is 9.62. The summed E-state index contributed by atoms with van der Waals surface area (Å²) < 4.78 is 18.0. The van der Waals surface area contributed by atoms with Gasteiger partial charge in [0.25, 0.3) is 5.91 Å². The van der Waals surface area contributed by atoms with Gasteiger partial charge >= 0.3 is 5.97 Å². The van der Waals surface area contributed by atoms with E-state index in [0.717, 1.165) is 60.1 Å². The van der Waals surface area contributed by atoms with E-state index in [1.807, 2.05) is 30.4 Å². The van der Waals surface area contributed by atoms with Crippen LogP contribution in [-0.4, -0.2) is 52.2 Å². The largest absolute Gasteiger partial charge is 0.493 e. The fourth-order valence-corrected chi connectivity index (χ4v) is 5.82. The molecule has 1 saturated carbocycles. The number of aromatic nitrogens is 1. The van der Waals surface area contributed by atoms with E-state index in [0.29, 0.717) is 18.1 Å². The molecular formula is C28H32N2O6S. The van der Waals surface area contributed by atoms with E-state index in [4.69, 9.17) is 14.2 Å². The van der Waals surface area contributed by atoms with Crippen LogP contribution in [0.3, 0.4) is 0 Å². The van der Waals surface area contributed by atoms with Crippen LogP contribution in [-0.2, 0) is 33.9 Å². The summed E-state index contributed by atoms with van der Waals surface area (Å²) in [5.74, 6) is -0.302. The Morgan fingerprint density at radius 1 is 1.24 bits per heavy atom. The Bertz CT molecular complexity index is 1190. The standard InChI is InChI=1S/C28H32N2O6S/c1-34-24-12-11-19-15-30(23(28(32)33)13-22(19)26(24)35-16-21-14-29-17-37-21)27(31)25(18-7-3-2-4-8-18)36-20-9-5-6-10-20/h3,7-8,11-12,14,17,20,23,25H,2,4-6,9-10,13,15-16H2,1H3,(H,32,33)/t23-,25-/m0/s1. The minimum Gasteiger partial charge on any atom is -0.493 e. The summed E-state index contributed by atoms with van der Waals surface area (Å²) in [6.45, 7) is 0.462. The number of carboxylic acids is 1. The number of nitrogens with zero attached hydrogens (tertiary/aromatic N) is 2. The monoisotopic (exact) mass is 524 g/mol. The summed E-state index contributed by atoms with van der Waals surface area (Å²) in [6, 6.07) is 2.66. The molecule has 2 heterocycles. The number of hydrogen-bond acceptors (Lipinski definition) is 7. The highest BCUT2D eigenvalue weighted by atomic mass is 32.1. The molecule has 1 aromatic carbocycles. The number of allylic oxidation sites excluding steroid dienone is 2. The quantitative estimate of drug-likeness (QED) is 0.509. The first kappa shape index (κ1) is 25.5. The molecule has 196 valence electrons. The fourth-order valence-electron chi connectivity index (χ4n) is 5.32. The molecule has 5 rings (SSSR count). The van der Waals surface area contributed by atoms with Gasteiger partial charge in [-0.15, -0.1) is 11.3 Å². The SMILES string of the molecule is COc1ccc2c(c1OCc1cncs1)C[C@@H](C(=O)O)N(C(=O)[C@@H](OC1CCCC1)C1=CCCC=C1)C2. The van der Waals surface area contributed by atoms with Gasteiger partial charge in [-0.1, -0.05) is 37.1 Å². The Kier molecular flexibility index (Phi) is 7.90. The topological polar surface area (TPSA) is 98.2 Å². The van der Waals surface area contributed by atoms with Gasteiger partial charge in [-0.3, -0.25) is 9.78 Å². The van der Waals surface area contributed by atoms with Crippen LogP contribution in [0.25, 0.3) is 0 Å². The lowest BCUT2D eigenvalue weighted by Crippen LogP contribution is -2.53. The molecule has 0 radical (unpaired) electrons. The van der Waals surface area contributed by atoms with E-state index < -0.39 is 18.1 Å². The van der Waals surface area contributed by atoms with E-state index in [9.17, 15) is 14.7 Å². The zero-order valence-electron chi connectivity index (χ0n) is 20.9. The van der Waals surface area contributed by atoms with Gasteiger partial charge in [0.1, 0.15) is 12.6 Å². The van der Waals surface area contributed by atoms with Gasteiger partial charge < -0.3 is 24.2 Å². The zero-order chi connectivity index (χ0) is 25.8. The highest BCUT2D eigenvalue weighted by molar-refractivity contribution is 7.09. The van der Waals surface area contributed by atoms with Gasteiger partial charge in [0.2, 0.25) is 0 Å². The maximum atomic E-state index is 14.0. The van der Waals surface area contributed by atoms with Gasteiger partial charge in [-0.05, 0) is 42.9 Å². The van der Waals surface area contributed by atoms with E-state index in [1.165, 1.54) is 16.2 Å². The lowest BCUT2D eigenvalue weighted by atomic mass is 9.91. The van der Waals surface area contributed by atoms with Crippen molar-refractivity contribution in [1.82, 2.24) is 9.88 Å². The number of methoxy groups -OCH3 is 1. The smallest absolute Gasteiger partial charge is 0.326 e. The third kappa shape index (κ3) is 5.57. The first-order valence-electron chi connectivity index (χ1n) is 12.8. The summed E-state index contributed by atoms with van der Waals surface area (Å²) >= 11 is 1.48. The van der Waals surface area contributed by atoms with Gasteiger partial charge in [0.15, 0.2) is 17.6 Å². The van der Waals surface area contributed by atoms with Crippen molar-refractivity contribution in [3.8, 4) is 11.5 Å². The van der Waals surface area contributed by atoms with Crippen LogP contribution in [0.15, 0.2) is 47.6 Å². The van der Waals surface area contributed by atoms with Crippen LogP contribution in [0.2, 0.25) is 0 Å². The third-order valence-electron chi connectivity index (χ3n) is 7.25. The molecule has 0 saturated heterocycles. The lowest BCUT2D eigenvalue weighted by molar-refractivity contribution is -0.157. The first-order chi connectivity index (χ1) is 18.0. The molecule has 3 aliphatic rings. The van der Waals surface area contributed by atoms with Crippen LogP contribution in [0.4, 0.5) is 0 Å². The molecule has 2 aliphatic carbocycles. The number of thiazole rings is 1. The molecule has 2 atom stereocenters. The minimum atomic E-state index is -1.05. The number of benzene rings is 1. The molecule has 1 N–H and O–H groups in total. The molecule has 1 aromatic heterocycles. The van der Waals surface area contributed by atoms with E-state index >= 15 is 0 Å². The normalized spacial score (nSPS) is 20.3. The molecule has 8 nitrogen and oxygen atoms in total. The third-order valence-corrected chi connectivity index (χ3v) is 8.00. The van der Waals surface area contributed by atoms with Crippen molar-refractivity contribution in [2.24, 2.45) is 0 Å². The van der Waals surface area contributed by atoms with Gasteiger partial charge in [-0.25, -0.2) is 4.79 Å². The Hall–Kier alpha value is -3.17. The number of aliphatic carboxylic acids is 1. The number of fused-ring (bicyclic) bond motifs is 1. The summed E-state index contributed by atoms with van der Waals surface area (Å²) in [5, 5.41) is 10.2. The number of rotatable bonds is 9. The van der Waals surface area contributed by atoms with Crippen molar-refractivity contribution in [2.45, 2.75) is 76.3 Å². The summed E-state index contributed by atoms with van der Waals surface area (Å²) in [6.07, 6.45) is 12.9. The number of hydrogen-bond donors (Lipinski definition) is 1. The molecule has 0 bridgehead atoms. The highest BCUT2D eigenvalue weighted by Crippen LogP contribution is 2.39. The number of carbonyl (C=O) groups is 2. The van der Waals surface area contributed by atoms with Crippen molar-refractivity contribution >= 4 is 23.2 Å². The predicted molar refractivity (Wildman–Crippen MR) is 139 cm³/mol. The molecule has 1 fully saturated rings. The van der Waals surface area contributed by atoms with E-state index in [1.54, 1.807) is 18.8 Å². The van der Waals surface area contributed by atoms with Crippen molar-refractivity contribution in [3.63, 3.8) is 0 Å². The molecule has 1 amide bonds. The van der Waals surface area contributed by atoms with Crippen LogP contribution in [0.5, 0.6) is 11.5 Å². The second-order valence-corrected chi connectivity index (χ2v) is 10.6. The summed E-state index contributed by atoms with van der Waals surface area (Å²) in [4.78, 5) is 33.0. The Balaban J connectivity index is 1.45.